The number of nitrogens with one attached hydrogen (secondary N) is 3. The Morgan fingerprint density at radius 1 is 0.931 bits per heavy atom. The number of fused-ring (bicyclic) bond motifs is 1. The van der Waals surface area contributed by atoms with Gasteiger partial charge in [-0.15, -0.1) is 0 Å². The third-order valence-corrected chi connectivity index (χ3v) is 4.53. The lowest BCUT2D eigenvalue weighted by Gasteiger charge is -2.17. The summed E-state index contributed by atoms with van der Waals surface area (Å²) < 4.78 is 5.01. The van der Waals surface area contributed by atoms with Gasteiger partial charge in [-0.05, 0) is 56.3 Å². The summed E-state index contributed by atoms with van der Waals surface area (Å²) >= 11 is 0. The molecule has 0 aliphatic heterocycles. The smallest absolute Gasteiger partial charge is 0.253 e. The molecule has 0 bridgehead atoms. The normalized spacial score (nSPS) is 12.8. The van der Waals surface area contributed by atoms with E-state index < -0.39 is 12.1 Å². The summed E-state index contributed by atoms with van der Waals surface area (Å²) in [6.07, 6.45) is 1.17. The van der Waals surface area contributed by atoms with Gasteiger partial charge >= 0.3 is 0 Å². The third kappa shape index (κ3) is 5.08. The molecule has 0 saturated heterocycles. The Balaban J connectivity index is 1.66. The SMILES string of the molecule is COC(C)C(=O)Nc1cccc(NC(C)C(=O)Nc2cccc3ncccc23)c1. The number of amides is 2. The molecule has 3 rings (SSSR count). The molecule has 1 aromatic heterocycles. The Kier molecular flexibility index (Phi) is 6.41. The van der Waals surface area contributed by atoms with Crippen LogP contribution in [0.4, 0.5) is 17.1 Å². The molecule has 0 saturated carbocycles. The summed E-state index contributed by atoms with van der Waals surface area (Å²) in [5.74, 6) is -0.413. The van der Waals surface area contributed by atoms with Crippen LogP contribution in [0.5, 0.6) is 0 Å². The molecule has 2 unspecified atom stereocenters. The van der Waals surface area contributed by atoms with Crippen LogP contribution in [0.15, 0.2) is 60.8 Å². The number of nitrogens with zero attached hydrogens (tertiary/aromatic N) is 1. The van der Waals surface area contributed by atoms with Crippen LogP contribution < -0.4 is 16.0 Å². The minimum absolute atomic E-state index is 0.177. The fourth-order valence-electron chi connectivity index (χ4n) is 2.81. The molecule has 0 spiro atoms. The van der Waals surface area contributed by atoms with Gasteiger partial charge in [0.25, 0.3) is 5.91 Å². The number of ether oxygens (including phenoxy) is 1. The summed E-state index contributed by atoms with van der Waals surface area (Å²) in [6.45, 7) is 3.45. The molecule has 0 radical (unpaired) electrons. The van der Waals surface area contributed by atoms with Crippen molar-refractivity contribution in [2.24, 2.45) is 0 Å². The van der Waals surface area contributed by atoms with Crippen LogP contribution in [0.3, 0.4) is 0 Å². The quantitative estimate of drug-likeness (QED) is 0.571. The standard InChI is InChI=1S/C22H24N4O3/c1-14(21(27)26-20-11-5-10-19-18(20)9-6-12-23-19)24-16-7-4-8-17(13-16)25-22(28)15(2)29-3/h4-15,24H,1-3H3,(H,25,28)(H,26,27). The number of pyridine rings is 1. The lowest BCUT2D eigenvalue weighted by atomic mass is 10.1. The van der Waals surface area contributed by atoms with Crippen LogP contribution in [0.25, 0.3) is 10.9 Å². The lowest BCUT2D eigenvalue weighted by molar-refractivity contribution is -0.124. The Labute approximate surface area is 169 Å². The fraction of sp³-hybridized carbons (Fsp3) is 0.227. The van der Waals surface area contributed by atoms with Gasteiger partial charge in [0.15, 0.2) is 0 Å². The molecule has 2 atom stereocenters. The zero-order chi connectivity index (χ0) is 20.8. The van der Waals surface area contributed by atoms with E-state index in [-0.39, 0.29) is 11.8 Å². The van der Waals surface area contributed by atoms with Gasteiger partial charge in [-0.1, -0.05) is 12.1 Å². The van der Waals surface area contributed by atoms with Gasteiger partial charge in [0.2, 0.25) is 5.91 Å². The summed E-state index contributed by atoms with van der Waals surface area (Å²) in [5.41, 5.74) is 2.87. The monoisotopic (exact) mass is 392 g/mol. The largest absolute Gasteiger partial charge is 0.374 e. The van der Waals surface area contributed by atoms with E-state index >= 15 is 0 Å². The number of carbonyl (C=O) groups excluding carboxylic acids is 2. The first-order valence-corrected chi connectivity index (χ1v) is 9.33. The minimum atomic E-state index is -0.550. The number of hydrogen-bond acceptors (Lipinski definition) is 5. The zero-order valence-corrected chi connectivity index (χ0v) is 16.6. The van der Waals surface area contributed by atoms with E-state index in [1.165, 1.54) is 7.11 Å². The molecule has 0 aliphatic carbocycles. The van der Waals surface area contributed by atoms with Crippen molar-refractivity contribution in [1.82, 2.24) is 4.98 Å². The molecule has 0 aliphatic rings. The highest BCUT2D eigenvalue weighted by molar-refractivity contribution is 6.03. The van der Waals surface area contributed by atoms with Gasteiger partial charge in [-0.2, -0.15) is 0 Å². The van der Waals surface area contributed by atoms with E-state index in [0.717, 1.165) is 16.6 Å². The van der Waals surface area contributed by atoms with Gasteiger partial charge < -0.3 is 20.7 Å². The van der Waals surface area contributed by atoms with Crippen LogP contribution in [0.2, 0.25) is 0 Å². The molecule has 3 aromatic rings. The van der Waals surface area contributed by atoms with Crippen molar-refractivity contribution in [2.75, 3.05) is 23.1 Å². The van der Waals surface area contributed by atoms with Crippen LogP contribution in [0.1, 0.15) is 13.8 Å². The van der Waals surface area contributed by atoms with E-state index in [9.17, 15) is 9.59 Å². The molecular formula is C22H24N4O3. The molecule has 29 heavy (non-hydrogen) atoms. The van der Waals surface area contributed by atoms with Crippen molar-refractivity contribution < 1.29 is 14.3 Å². The Morgan fingerprint density at radius 3 is 2.48 bits per heavy atom. The molecule has 0 fully saturated rings. The number of anilines is 3. The molecule has 2 aromatic carbocycles. The molecule has 150 valence electrons. The van der Waals surface area contributed by atoms with Crippen LogP contribution in [0, 0.1) is 0 Å². The van der Waals surface area contributed by atoms with Crippen molar-refractivity contribution in [3.05, 3.63) is 60.8 Å². The number of carbonyl (C=O) groups is 2. The van der Waals surface area contributed by atoms with Gasteiger partial charge in [-0.3, -0.25) is 14.6 Å². The van der Waals surface area contributed by atoms with Crippen molar-refractivity contribution in [2.45, 2.75) is 26.0 Å². The van der Waals surface area contributed by atoms with Crippen molar-refractivity contribution in [1.29, 1.82) is 0 Å². The maximum atomic E-state index is 12.7. The number of methoxy groups -OCH3 is 1. The Bertz CT molecular complexity index is 1020. The van der Waals surface area contributed by atoms with Crippen molar-refractivity contribution in [3.63, 3.8) is 0 Å². The van der Waals surface area contributed by atoms with E-state index in [1.807, 2.05) is 36.4 Å². The average molecular weight is 392 g/mol. The fourth-order valence-corrected chi connectivity index (χ4v) is 2.81. The topological polar surface area (TPSA) is 92.4 Å². The predicted molar refractivity (Wildman–Crippen MR) is 115 cm³/mol. The molecule has 7 nitrogen and oxygen atoms in total. The second-order valence-corrected chi connectivity index (χ2v) is 6.68. The Morgan fingerprint density at radius 2 is 1.69 bits per heavy atom. The van der Waals surface area contributed by atoms with E-state index in [0.29, 0.717) is 11.4 Å². The highest BCUT2D eigenvalue weighted by Gasteiger charge is 2.15. The summed E-state index contributed by atoms with van der Waals surface area (Å²) in [4.78, 5) is 28.9. The maximum Gasteiger partial charge on any atom is 0.253 e. The van der Waals surface area contributed by atoms with Gasteiger partial charge in [0, 0.05) is 30.1 Å². The number of aromatic nitrogens is 1. The summed E-state index contributed by atoms with van der Waals surface area (Å²) in [6, 6.07) is 16.1. The third-order valence-electron chi connectivity index (χ3n) is 4.53. The summed E-state index contributed by atoms with van der Waals surface area (Å²) in [7, 11) is 1.48. The molecule has 7 heteroatoms. The maximum absolute atomic E-state index is 12.7. The first-order chi connectivity index (χ1) is 14.0. The first-order valence-electron chi connectivity index (χ1n) is 9.33. The zero-order valence-electron chi connectivity index (χ0n) is 16.6. The van der Waals surface area contributed by atoms with Gasteiger partial charge in [-0.25, -0.2) is 0 Å². The Hall–Kier alpha value is -3.45. The first kappa shape index (κ1) is 20.3. The summed E-state index contributed by atoms with van der Waals surface area (Å²) in [5, 5.41) is 9.77. The molecule has 1 heterocycles. The van der Waals surface area contributed by atoms with E-state index in [2.05, 4.69) is 20.9 Å². The van der Waals surface area contributed by atoms with Crippen LogP contribution >= 0.6 is 0 Å². The lowest BCUT2D eigenvalue weighted by Crippen LogP contribution is -2.32. The van der Waals surface area contributed by atoms with E-state index in [4.69, 9.17) is 4.74 Å². The van der Waals surface area contributed by atoms with Gasteiger partial charge in [0.05, 0.1) is 11.2 Å². The van der Waals surface area contributed by atoms with Crippen molar-refractivity contribution in [3.8, 4) is 0 Å². The number of hydrogen-bond donors (Lipinski definition) is 3. The second kappa shape index (κ2) is 9.16. The van der Waals surface area contributed by atoms with Crippen LogP contribution in [-0.2, 0) is 14.3 Å². The molecule has 3 N–H and O–H groups in total. The number of benzene rings is 2. The predicted octanol–water partition coefficient (Wildman–Crippen LogP) is 3.65. The average Bonchev–Trinajstić information content (AvgIpc) is 2.73. The minimum Gasteiger partial charge on any atom is -0.374 e. The highest BCUT2D eigenvalue weighted by atomic mass is 16.5. The van der Waals surface area contributed by atoms with E-state index in [1.54, 1.807) is 38.2 Å². The van der Waals surface area contributed by atoms with Gasteiger partial charge in [0.1, 0.15) is 12.1 Å². The molecule has 2 amide bonds. The van der Waals surface area contributed by atoms with Crippen molar-refractivity contribution >= 4 is 39.8 Å². The number of rotatable bonds is 7. The molecular weight excluding hydrogens is 368 g/mol. The second-order valence-electron chi connectivity index (χ2n) is 6.68. The highest BCUT2D eigenvalue weighted by Crippen LogP contribution is 2.22. The van der Waals surface area contributed by atoms with Crippen LogP contribution in [-0.4, -0.2) is 36.1 Å².